The Morgan fingerprint density at radius 3 is 2.33 bits per heavy atom. The average molecular weight is 192 g/mol. The van der Waals surface area contributed by atoms with Crippen LogP contribution in [0.2, 0.25) is 0 Å². The molecule has 0 heterocycles. The maximum absolute atomic E-state index is 10.9. The minimum atomic E-state index is -0.572. The Hall–Kier alpha value is -0.0600. The number of aliphatic hydroxyl groups excluding tert-OH is 1. The van der Waals surface area contributed by atoms with Crippen molar-refractivity contribution in [3.63, 3.8) is 0 Å². The van der Waals surface area contributed by atoms with E-state index < -0.39 is 5.44 Å². The minimum absolute atomic E-state index is 0.0518. The van der Waals surface area contributed by atoms with Gasteiger partial charge in [0.15, 0.2) is 10.6 Å². The first-order valence-corrected chi connectivity index (χ1v) is 4.91. The molecule has 0 spiro atoms. The number of carbonyl (C=O) groups excluding carboxylic acids is 1. The maximum Gasteiger partial charge on any atom is 0.191 e. The molecule has 0 bridgehead atoms. The van der Waals surface area contributed by atoms with Crippen molar-refractivity contribution in [1.82, 2.24) is 0 Å². The number of likely N-dealkylation sites (N-methyl/N-ethyl adjacent to an activating group) is 1. The molecule has 0 aliphatic carbocycles. The molecule has 1 atom stereocenters. The zero-order valence-electron chi connectivity index (χ0n) is 8.20. The van der Waals surface area contributed by atoms with Gasteiger partial charge in [-0.05, 0) is 0 Å². The van der Waals surface area contributed by atoms with Gasteiger partial charge in [0, 0.05) is 6.42 Å². The summed E-state index contributed by atoms with van der Waals surface area (Å²) in [5, 5.41) is 9.46. The lowest BCUT2D eigenvalue weighted by molar-refractivity contribution is -0.871. The highest BCUT2D eigenvalue weighted by atomic mass is 32.2. The Labute approximate surface area is 78.3 Å². The van der Waals surface area contributed by atoms with Gasteiger partial charge in [0.25, 0.3) is 0 Å². The van der Waals surface area contributed by atoms with Crippen LogP contribution in [-0.4, -0.2) is 47.8 Å². The summed E-state index contributed by atoms with van der Waals surface area (Å²) in [7, 11) is 5.96. The van der Waals surface area contributed by atoms with Crippen LogP contribution in [0, 0.1) is 0 Å². The van der Waals surface area contributed by atoms with Crippen LogP contribution >= 0.6 is 11.8 Å². The lowest BCUT2D eigenvalue weighted by Gasteiger charge is -2.25. The summed E-state index contributed by atoms with van der Waals surface area (Å²) in [6.45, 7) is 2.39. The Bertz CT molecular complexity index is 154. The Morgan fingerprint density at radius 2 is 2.00 bits per heavy atom. The smallest absolute Gasteiger partial charge is 0.191 e. The van der Waals surface area contributed by atoms with Crippen molar-refractivity contribution in [3.8, 4) is 0 Å². The molecule has 0 radical (unpaired) electrons. The van der Waals surface area contributed by atoms with Gasteiger partial charge in [-0.25, -0.2) is 0 Å². The normalized spacial score (nSPS) is 14.4. The van der Waals surface area contributed by atoms with Crippen LogP contribution in [0.4, 0.5) is 0 Å². The number of thioether (sulfide) groups is 1. The molecule has 0 aromatic carbocycles. The Kier molecular flexibility index (Phi) is 4.82. The van der Waals surface area contributed by atoms with Gasteiger partial charge < -0.3 is 9.59 Å². The van der Waals surface area contributed by atoms with Crippen LogP contribution in [0.25, 0.3) is 0 Å². The molecule has 0 saturated carbocycles. The van der Waals surface area contributed by atoms with Crippen molar-refractivity contribution in [2.45, 2.75) is 18.8 Å². The predicted molar refractivity (Wildman–Crippen MR) is 51.8 cm³/mol. The average Bonchev–Trinajstić information content (AvgIpc) is 1.82. The summed E-state index contributed by atoms with van der Waals surface area (Å²) in [5.41, 5.74) is -0.572. The van der Waals surface area contributed by atoms with Gasteiger partial charge in [-0.1, -0.05) is 18.7 Å². The van der Waals surface area contributed by atoms with Crippen LogP contribution in [0.15, 0.2) is 0 Å². The number of carbonyl (C=O) groups is 1. The van der Waals surface area contributed by atoms with E-state index in [1.807, 2.05) is 21.1 Å². The molecule has 0 aliphatic heterocycles. The summed E-state index contributed by atoms with van der Waals surface area (Å²) < 4.78 is 0.672. The van der Waals surface area contributed by atoms with E-state index in [4.69, 9.17) is 0 Å². The van der Waals surface area contributed by atoms with Crippen LogP contribution in [-0.2, 0) is 4.79 Å². The summed E-state index contributed by atoms with van der Waals surface area (Å²) >= 11 is 1.03. The van der Waals surface area contributed by atoms with E-state index in [1.54, 1.807) is 6.92 Å². The molecular formula is C8H18NO2S+. The lowest BCUT2D eigenvalue weighted by Crippen LogP contribution is -2.40. The molecule has 0 aromatic heterocycles. The molecular weight excluding hydrogens is 174 g/mol. The summed E-state index contributed by atoms with van der Waals surface area (Å²) in [6.07, 6.45) is 0.485. The second kappa shape index (κ2) is 4.84. The van der Waals surface area contributed by atoms with Gasteiger partial charge in [0.1, 0.15) is 6.54 Å². The number of nitrogens with zero attached hydrogens (tertiary/aromatic N) is 1. The first kappa shape index (κ1) is 11.9. The number of hydrogen-bond donors (Lipinski definition) is 1. The van der Waals surface area contributed by atoms with Gasteiger partial charge in [-0.2, -0.15) is 0 Å². The fraction of sp³-hybridized carbons (Fsp3) is 0.875. The molecule has 0 saturated heterocycles. The molecule has 0 fully saturated rings. The molecule has 1 unspecified atom stereocenters. The van der Waals surface area contributed by atoms with Crippen LogP contribution in [0.5, 0.6) is 0 Å². The Balaban J connectivity index is 3.74. The number of aliphatic hydroxyl groups is 1. The highest BCUT2D eigenvalue weighted by Crippen LogP contribution is 2.13. The first-order valence-electron chi connectivity index (χ1n) is 4.03. The van der Waals surface area contributed by atoms with Gasteiger partial charge in [-0.3, -0.25) is 4.79 Å². The molecule has 0 aliphatic rings. The Morgan fingerprint density at radius 1 is 1.50 bits per heavy atom. The molecule has 0 rings (SSSR count). The zero-order valence-corrected chi connectivity index (χ0v) is 9.02. The minimum Gasteiger partial charge on any atom is -0.376 e. The highest BCUT2D eigenvalue weighted by molar-refractivity contribution is 8.14. The van der Waals surface area contributed by atoms with Crippen molar-refractivity contribution in [2.24, 2.45) is 0 Å². The third-order valence-corrected chi connectivity index (χ3v) is 2.23. The van der Waals surface area contributed by atoms with Crippen molar-refractivity contribution >= 4 is 16.9 Å². The van der Waals surface area contributed by atoms with Gasteiger partial charge in [-0.15, -0.1) is 0 Å². The molecule has 72 valence electrons. The third-order valence-electron chi connectivity index (χ3n) is 1.26. The monoisotopic (exact) mass is 192 g/mol. The quantitative estimate of drug-likeness (QED) is 0.526. The molecule has 4 heteroatoms. The van der Waals surface area contributed by atoms with Crippen LogP contribution in [0.3, 0.4) is 0 Å². The lowest BCUT2D eigenvalue weighted by atomic mass is 10.5. The van der Waals surface area contributed by atoms with E-state index in [9.17, 15) is 9.90 Å². The third kappa shape index (κ3) is 6.64. The second-order valence-corrected chi connectivity index (χ2v) is 5.01. The van der Waals surface area contributed by atoms with Crippen molar-refractivity contribution < 1.29 is 14.4 Å². The maximum atomic E-state index is 10.9. The van der Waals surface area contributed by atoms with Gasteiger partial charge in [0.05, 0.1) is 21.1 Å². The SMILES string of the molecule is CCC(=O)SC(O)C[N+](C)(C)C. The van der Waals surface area contributed by atoms with E-state index in [-0.39, 0.29) is 5.12 Å². The highest BCUT2D eigenvalue weighted by Gasteiger charge is 2.17. The fourth-order valence-electron chi connectivity index (χ4n) is 0.741. The summed E-state index contributed by atoms with van der Waals surface area (Å²) in [6, 6.07) is 0. The van der Waals surface area contributed by atoms with E-state index in [2.05, 4.69) is 0 Å². The number of quaternary nitrogens is 1. The van der Waals surface area contributed by atoms with Crippen molar-refractivity contribution in [2.75, 3.05) is 27.7 Å². The standard InChI is InChI=1S/C8H18NO2S/c1-5-7(10)12-8(11)6-9(2,3)4/h8,11H,5-6H2,1-4H3/q+1. The van der Waals surface area contributed by atoms with E-state index in [0.29, 0.717) is 17.4 Å². The van der Waals surface area contributed by atoms with E-state index >= 15 is 0 Å². The molecule has 3 nitrogen and oxygen atoms in total. The first-order chi connectivity index (χ1) is 5.35. The topological polar surface area (TPSA) is 37.3 Å². The molecule has 0 aromatic rings. The number of hydrogen-bond acceptors (Lipinski definition) is 3. The van der Waals surface area contributed by atoms with Crippen molar-refractivity contribution in [1.29, 1.82) is 0 Å². The summed E-state index contributed by atoms with van der Waals surface area (Å²) in [5.74, 6) is 0. The van der Waals surface area contributed by atoms with Gasteiger partial charge in [0.2, 0.25) is 0 Å². The predicted octanol–water partition coefficient (Wildman–Crippen LogP) is 0.681. The van der Waals surface area contributed by atoms with E-state index in [1.165, 1.54) is 0 Å². The molecule has 0 amide bonds. The second-order valence-electron chi connectivity index (χ2n) is 3.77. The number of rotatable bonds is 4. The zero-order chi connectivity index (χ0) is 9.78. The van der Waals surface area contributed by atoms with Crippen LogP contribution < -0.4 is 0 Å². The molecule has 1 N–H and O–H groups in total. The largest absolute Gasteiger partial charge is 0.376 e. The van der Waals surface area contributed by atoms with Crippen molar-refractivity contribution in [3.05, 3.63) is 0 Å². The van der Waals surface area contributed by atoms with E-state index in [0.717, 1.165) is 11.8 Å². The molecule has 12 heavy (non-hydrogen) atoms. The van der Waals surface area contributed by atoms with Gasteiger partial charge >= 0.3 is 0 Å². The summed E-state index contributed by atoms with van der Waals surface area (Å²) in [4.78, 5) is 10.9. The fourth-order valence-corrected chi connectivity index (χ4v) is 1.73. The van der Waals surface area contributed by atoms with Crippen LogP contribution in [0.1, 0.15) is 13.3 Å².